The summed E-state index contributed by atoms with van der Waals surface area (Å²) in [4.78, 5) is 0. The summed E-state index contributed by atoms with van der Waals surface area (Å²) in [5, 5.41) is 0.711. The zero-order valence-electron chi connectivity index (χ0n) is 14.0. The maximum Gasteiger partial charge on any atom is 0.274 e. The van der Waals surface area contributed by atoms with Crippen LogP contribution in [0.5, 0.6) is 0 Å². The number of hydrogen-bond donors (Lipinski definition) is 0. The average Bonchev–Trinajstić information content (AvgIpc) is 2.40. The van der Waals surface area contributed by atoms with Gasteiger partial charge in [-0.2, -0.15) is 4.57 Å². The quantitative estimate of drug-likeness (QED) is 0.551. The standard InChI is InChI=1S/C19H24ClFN/c1-18(2,3)15-8-11-17(20)22(12-15)13-19(4,5)14-6-9-16(21)10-7-14/h6-12H,13H2,1-5H3/q+1. The molecule has 2 rings (SSSR count). The summed E-state index contributed by atoms with van der Waals surface area (Å²) in [6.07, 6.45) is 2.12. The molecule has 3 heteroatoms. The molecule has 0 amide bonds. The smallest absolute Gasteiger partial charge is 0.207 e. The predicted octanol–water partition coefficient (Wildman–Crippen LogP) is 5.04. The molecule has 0 unspecified atom stereocenters. The zero-order valence-corrected chi connectivity index (χ0v) is 14.7. The van der Waals surface area contributed by atoms with Gasteiger partial charge in [-0.15, -0.1) is 0 Å². The summed E-state index contributed by atoms with van der Waals surface area (Å²) in [5.41, 5.74) is 2.27. The van der Waals surface area contributed by atoms with Crippen LogP contribution >= 0.6 is 11.6 Å². The van der Waals surface area contributed by atoms with E-state index in [1.165, 1.54) is 17.7 Å². The Kier molecular flexibility index (Phi) is 4.62. The van der Waals surface area contributed by atoms with Crippen LogP contribution in [-0.4, -0.2) is 0 Å². The van der Waals surface area contributed by atoms with Crippen LogP contribution in [-0.2, 0) is 17.4 Å². The van der Waals surface area contributed by atoms with Crippen molar-refractivity contribution in [3.05, 3.63) is 64.7 Å². The van der Waals surface area contributed by atoms with Crippen molar-refractivity contribution in [3.8, 4) is 0 Å². The first kappa shape index (κ1) is 17.0. The third kappa shape index (κ3) is 3.86. The van der Waals surface area contributed by atoms with Gasteiger partial charge in [-0.25, -0.2) is 4.39 Å². The lowest BCUT2D eigenvalue weighted by Crippen LogP contribution is -2.45. The molecule has 0 saturated carbocycles. The number of rotatable bonds is 3. The Bertz CT molecular complexity index is 654. The van der Waals surface area contributed by atoms with Gasteiger partial charge >= 0.3 is 0 Å². The van der Waals surface area contributed by atoms with E-state index in [9.17, 15) is 4.39 Å². The highest BCUT2D eigenvalue weighted by molar-refractivity contribution is 6.28. The Balaban J connectivity index is 2.34. The molecule has 1 aromatic carbocycles. The molecular weight excluding hydrogens is 297 g/mol. The largest absolute Gasteiger partial charge is 0.274 e. The Labute approximate surface area is 137 Å². The molecule has 0 atom stereocenters. The van der Waals surface area contributed by atoms with Crippen LogP contribution in [0, 0.1) is 5.82 Å². The number of hydrogen-bond acceptors (Lipinski definition) is 0. The molecule has 0 aliphatic rings. The van der Waals surface area contributed by atoms with E-state index in [0.29, 0.717) is 5.15 Å². The van der Waals surface area contributed by atoms with Crippen LogP contribution in [0.4, 0.5) is 4.39 Å². The van der Waals surface area contributed by atoms with Crippen LogP contribution in [0.15, 0.2) is 42.6 Å². The highest BCUT2D eigenvalue weighted by Crippen LogP contribution is 2.26. The monoisotopic (exact) mass is 320 g/mol. The molecule has 2 aromatic rings. The summed E-state index contributed by atoms with van der Waals surface area (Å²) in [6, 6.07) is 10.7. The first-order valence-electron chi connectivity index (χ1n) is 7.55. The molecule has 118 valence electrons. The van der Waals surface area contributed by atoms with Gasteiger partial charge in [-0.1, -0.05) is 32.9 Å². The Morgan fingerprint density at radius 3 is 2.00 bits per heavy atom. The first-order valence-corrected chi connectivity index (χ1v) is 7.93. The van der Waals surface area contributed by atoms with Crippen LogP contribution in [0.2, 0.25) is 5.15 Å². The molecular formula is C19H24ClFN+. The Morgan fingerprint density at radius 1 is 0.909 bits per heavy atom. The van der Waals surface area contributed by atoms with Crippen LogP contribution < -0.4 is 4.57 Å². The number of benzene rings is 1. The highest BCUT2D eigenvalue weighted by atomic mass is 35.5. The summed E-state index contributed by atoms with van der Waals surface area (Å²) in [5.74, 6) is -0.208. The summed E-state index contributed by atoms with van der Waals surface area (Å²) in [7, 11) is 0. The molecule has 0 N–H and O–H groups in total. The summed E-state index contributed by atoms with van der Waals surface area (Å²) < 4.78 is 15.2. The van der Waals surface area contributed by atoms with Gasteiger partial charge < -0.3 is 0 Å². The Morgan fingerprint density at radius 2 is 1.45 bits per heavy atom. The molecule has 0 spiro atoms. The van der Waals surface area contributed by atoms with Crippen molar-refractivity contribution in [2.24, 2.45) is 0 Å². The number of aromatic nitrogens is 1. The van der Waals surface area contributed by atoms with Crippen molar-refractivity contribution >= 4 is 11.6 Å². The topological polar surface area (TPSA) is 3.88 Å². The normalized spacial score (nSPS) is 12.5. The Hall–Kier alpha value is -1.41. The van der Waals surface area contributed by atoms with E-state index < -0.39 is 0 Å². The minimum Gasteiger partial charge on any atom is -0.207 e. The van der Waals surface area contributed by atoms with Gasteiger partial charge in [0, 0.05) is 17.0 Å². The van der Waals surface area contributed by atoms with Crippen molar-refractivity contribution in [2.45, 2.75) is 52.0 Å². The van der Waals surface area contributed by atoms with Gasteiger partial charge in [0.2, 0.25) is 0 Å². The number of halogens is 2. The van der Waals surface area contributed by atoms with E-state index in [1.54, 1.807) is 0 Å². The van der Waals surface area contributed by atoms with Crippen molar-refractivity contribution in [3.63, 3.8) is 0 Å². The van der Waals surface area contributed by atoms with Crippen molar-refractivity contribution in [1.82, 2.24) is 0 Å². The van der Waals surface area contributed by atoms with E-state index in [1.807, 2.05) is 18.2 Å². The van der Waals surface area contributed by atoms with E-state index in [-0.39, 0.29) is 16.6 Å². The maximum atomic E-state index is 13.1. The number of pyridine rings is 1. The molecule has 0 aliphatic carbocycles. The van der Waals surface area contributed by atoms with Crippen molar-refractivity contribution < 1.29 is 8.96 Å². The summed E-state index contributed by atoms with van der Waals surface area (Å²) in [6.45, 7) is 11.6. The van der Waals surface area contributed by atoms with E-state index in [2.05, 4.69) is 51.4 Å². The first-order chi connectivity index (χ1) is 10.1. The fourth-order valence-corrected chi connectivity index (χ4v) is 2.68. The van der Waals surface area contributed by atoms with E-state index in [0.717, 1.165) is 12.1 Å². The van der Waals surface area contributed by atoms with E-state index in [4.69, 9.17) is 11.6 Å². The highest BCUT2D eigenvalue weighted by Gasteiger charge is 2.28. The minimum atomic E-state index is -0.208. The molecule has 1 aromatic heterocycles. The summed E-state index contributed by atoms with van der Waals surface area (Å²) >= 11 is 6.37. The van der Waals surface area contributed by atoms with Crippen molar-refractivity contribution in [2.75, 3.05) is 0 Å². The lowest BCUT2D eigenvalue weighted by Gasteiger charge is -2.23. The van der Waals surface area contributed by atoms with Gasteiger partial charge in [-0.05, 0) is 54.6 Å². The van der Waals surface area contributed by atoms with E-state index >= 15 is 0 Å². The molecule has 0 saturated heterocycles. The second-order valence-corrected chi connectivity index (χ2v) is 7.90. The van der Waals surface area contributed by atoms with Gasteiger partial charge in [0.05, 0.1) is 0 Å². The average molecular weight is 321 g/mol. The third-order valence-electron chi connectivity index (χ3n) is 4.03. The number of nitrogens with zero attached hydrogens (tertiary/aromatic N) is 1. The molecule has 0 fully saturated rings. The lowest BCUT2D eigenvalue weighted by atomic mass is 9.84. The fraction of sp³-hybridized carbons (Fsp3) is 0.421. The lowest BCUT2D eigenvalue weighted by molar-refractivity contribution is -0.702. The molecule has 1 heterocycles. The van der Waals surface area contributed by atoms with Crippen LogP contribution in [0.1, 0.15) is 45.7 Å². The second kappa shape index (κ2) is 6.00. The molecule has 0 radical (unpaired) electrons. The molecule has 22 heavy (non-hydrogen) atoms. The SMILES string of the molecule is CC(C)(C)c1ccc(Cl)[n+](CC(C)(C)c2ccc(F)cc2)c1. The van der Waals surface area contributed by atoms with Gasteiger partial charge in [-0.3, -0.25) is 0 Å². The maximum absolute atomic E-state index is 13.1. The molecule has 1 nitrogen and oxygen atoms in total. The van der Waals surface area contributed by atoms with Crippen LogP contribution in [0.25, 0.3) is 0 Å². The zero-order chi connectivity index (χ0) is 16.5. The van der Waals surface area contributed by atoms with Crippen LogP contribution in [0.3, 0.4) is 0 Å². The predicted molar refractivity (Wildman–Crippen MR) is 89.8 cm³/mol. The third-order valence-corrected chi connectivity index (χ3v) is 4.37. The van der Waals surface area contributed by atoms with Gasteiger partial charge in [0.25, 0.3) is 5.15 Å². The molecule has 0 bridgehead atoms. The van der Waals surface area contributed by atoms with Gasteiger partial charge in [0.1, 0.15) is 5.82 Å². The van der Waals surface area contributed by atoms with Crippen molar-refractivity contribution in [1.29, 1.82) is 0 Å². The molecule has 0 aliphatic heterocycles. The minimum absolute atomic E-state index is 0.0758. The fourth-order valence-electron chi connectivity index (χ4n) is 2.51. The second-order valence-electron chi connectivity index (χ2n) is 7.51. The van der Waals surface area contributed by atoms with Gasteiger partial charge in [0.15, 0.2) is 12.7 Å².